The summed E-state index contributed by atoms with van der Waals surface area (Å²) in [5.74, 6) is -0.761. The van der Waals surface area contributed by atoms with E-state index in [1.165, 1.54) is 6.92 Å². The molecule has 0 aliphatic heterocycles. The number of benzene rings is 2. The van der Waals surface area contributed by atoms with Gasteiger partial charge in [0.15, 0.2) is 12.4 Å². The highest BCUT2D eigenvalue weighted by Gasteiger charge is 2.11. The van der Waals surface area contributed by atoms with Crippen LogP contribution < -0.4 is 5.32 Å². The highest BCUT2D eigenvalue weighted by Crippen LogP contribution is 2.16. The highest BCUT2D eigenvalue weighted by atomic mass is 35.5. The predicted molar refractivity (Wildman–Crippen MR) is 104 cm³/mol. The van der Waals surface area contributed by atoms with Gasteiger partial charge in [-0.05, 0) is 30.0 Å². The van der Waals surface area contributed by atoms with Crippen LogP contribution in [0.15, 0.2) is 48.5 Å². The second-order valence-electron chi connectivity index (χ2n) is 6.11. The number of amides is 1. The molecule has 142 valence electrons. The molecule has 0 atom stereocenters. The summed E-state index contributed by atoms with van der Waals surface area (Å²) in [6.07, 6.45) is 1.32. The van der Waals surface area contributed by atoms with Crippen LogP contribution in [-0.2, 0) is 27.2 Å². The molecule has 0 aliphatic carbocycles. The first kappa shape index (κ1) is 20.6. The van der Waals surface area contributed by atoms with Crippen molar-refractivity contribution in [2.75, 3.05) is 13.2 Å². The Labute approximate surface area is 163 Å². The van der Waals surface area contributed by atoms with Crippen LogP contribution in [0, 0.1) is 0 Å². The number of ketones is 1. The first-order valence-corrected chi connectivity index (χ1v) is 9.09. The van der Waals surface area contributed by atoms with Crippen LogP contribution in [-0.4, -0.2) is 30.8 Å². The molecule has 0 unspecified atom stereocenters. The predicted octanol–water partition coefficient (Wildman–Crippen LogP) is 3.38. The Morgan fingerprint density at radius 2 is 1.70 bits per heavy atom. The second-order valence-corrected chi connectivity index (χ2v) is 6.51. The van der Waals surface area contributed by atoms with Crippen molar-refractivity contribution in [1.29, 1.82) is 0 Å². The molecule has 6 heteroatoms. The van der Waals surface area contributed by atoms with Crippen molar-refractivity contribution in [3.05, 3.63) is 70.2 Å². The van der Waals surface area contributed by atoms with Gasteiger partial charge in [0.2, 0.25) is 5.91 Å². The van der Waals surface area contributed by atoms with Crippen molar-refractivity contribution >= 4 is 29.3 Å². The van der Waals surface area contributed by atoms with Gasteiger partial charge in [-0.25, -0.2) is 0 Å². The molecule has 0 radical (unpaired) electrons. The van der Waals surface area contributed by atoms with Gasteiger partial charge in [-0.2, -0.15) is 0 Å². The Bertz CT molecular complexity index is 802. The quantitative estimate of drug-likeness (QED) is 0.529. The number of carbonyl (C=O) groups excluding carboxylic acids is 3. The molecule has 2 rings (SSSR count). The summed E-state index contributed by atoms with van der Waals surface area (Å²) >= 11 is 6.05. The molecule has 0 heterocycles. The summed E-state index contributed by atoms with van der Waals surface area (Å²) in [5.41, 5.74) is 2.37. The first-order valence-electron chi connectivity index (χ1n) is 8.71. The van der Waals surface area contributed by atoms with Gasteiger partial charge < -0.3 is 10.1 Å². The molecule has 5 nitrogen and oxygen atoms in total. The molecule has 0 saturated carbocycles. The molecule has 0 aromatic heterocycles. The highest BCUT2D eigenvalue weighted by molar-refractivity contribution is 6.31. The van der Waals surface area contributed by atoms with Gasteiger partial charge in [0.25, 0.3) is 0 Å². The molecule has 2 aromatic carbocycles. The minimum absolute atomic E-state index is 0.0712. The fraction of sp³-hybridized carbons (Fsp3) is 0.286. The Morgan fingerprint density at radius 3 is 2.37 bits per heavy atom. The monoisotopic (exact) mass is 387 g/mol. The average molecular weight is 388 g/mol. The molecule has 0 bridgehead atoms. The average Bonchev–Trinajstić information content (AvgIpc) is 2.65. The third kappa shape index (κ3) is 7.23. The third-order valence-corrected chi connectivity index (χ3v) is 4.35. The van der Waals surface area contributed by atoms with Crippen LogP contribution in [0.1, 0.15) is 34.8 Å². The number of carbonyl (C=O) groups is 3. The maximum Gasteiger partial charge on any atom is 0.306 e. The van der Waals surface area contributed by atoms with Gasteiger partial charge >= 0.3 is 5.97 Å². The fourth-order valence-electron chi connectivity index (χ4n) is 2.48. The lowest BCUT2D eigenvalue weighted by Crippen LogP contribution is -2.22. The summed E-state index contributed by atoms with van der Waals surface area (Å²) in [6, 6.07) is 14.4. The van der Waals surface area contributed by atoms with Crippen molar-refractivity contribution in [3.8, 4) is 0 Å². The number of esters is 1. The lowest BCUT2D eigenvalue weighted by Gasteiger charge is -2.07. The summed E-state index contributed by atoms with van der Waals surface area (Å²) in [5, 5.41) is 3.33. The van der Waals surface area contributed by atoms with Crippen molar-refractivity contribution in [3.63, 3.8) is 0 Å². The van der Waals surface area contributed by atoms with E-state index in [1.54, 1.807) is 18.2 Å². The van der Waals surface area contributed by atoms with Crippen LogP contribution in [0.2, 0.25) is 5.02 Å². The van der Waals surface area contributed by atoms with Crippen LogP contribution >= 0.6 is 11.6 Å². The Kier molecular flexibility index (Phi) is 8.01. The van der Waals surface area contributed by atoms with E-state index in [9.17, 15) is 14.4 Å². The molecular weight excluding hydrogens is 366 g/mol. The Morgan fingerprint density at radius 1 is 1.00 bits per heavy atom. The van der Waals surface area contributed by atoms with Gasteiger partial charge in [0, 0.05) is 30.5 Å². The molecule has 2 aromatic rings. The number of hydrogen-bond donors (Lipinski definition) is 1. The number of Topliss-reactive ketones (excluding diaryl/α,β-unsaturated/α-hetero) is 1. The summed E-state index contributed by atoms with van der Waals surface area (Å²) in [7, 11) is 0. The number of rotatable bonds is 9. The molecule has 1 N–H and O–H groups in total. The largest absolute Gasteiger partial charge is 0.457 e. The molecule has 27 heavy (non-hydrogen) atoms. The van der Waals surface area contributed by atoms with Crippen molar-refractivity contribution in [1.82, 2.24) is 5.32 Å². The zero-order valence-corrected chi connectivity index (χ0v) is 15.9. The lowest BCUT2D eigenvalue weighted by atomic mass is 10.1. The third-order valence-electron chi connectivity index (χ3n) is 3.98. The van der Waals surface area contributed by atoms with Crippen LogP contribution in [0.5, 0.6) is 0 Å². The molecular formula is C21H22ClNO4. The van der Waals surface area contributed by atoms with Crippen LogP contribution in [0.4, 0.5) is 0 Å². The molecule has 0 spiro atoms. The van der Waals surface area contributed by atoms with Crippen LogP contribution in [0.25, 0.3) is 0 Å². The minimum atomic E-state index is -0.435. The SMILES string of the molecule is CC(=O)NCCc1ccc(C(=O)COC(=O)CCc2ccccc2Cl)cc1. The number of hydrogen-bond acceptors (Lipinski definition) is 4. The summed E-state index contributed by atoms with van der Waals surface area (Å²) in [4.78, 5) is 34.8. The van der Waals surface area contributed by atoms with E-state index in [2.05, 4.69) is 5.32 Å². The number of aryl methyl sites for hydroxylation is 1. The number of ether oxygens (including phenoxy) is 1. The standard InChI is InChI=1S/C21H22ClNO4/c1-15(24)23-13-12-16-6-8-18(9-7-16)20(25)14-27-21(26)11-10-17-4-2-3-5-19(17)22/h2-9H,10-14H2,1H3,(H,23,24). The van der Waals surface area contributed by atoms with E-state index in [1.807, 2.05) is 30.3 Å². The summed E-state index contributed by atoms with van der Waals surface area (Å²) in [6.45, 7) is 1.73. The van der Waals surface area contributed by atoms with Crippen molar-refractivity contribution in [2.24, 2.45) is 0 Å². The maximum absolute atomic E-state index is 12.1. The Balaban J connectivity index is 1.75. The van der Waals surface area contributed by atoms with Gasteiger partial charge in [-0.1, -0.05) is 54.1 Å². The number of halogens is 1. The zero-order chi connectivity index (χ0) is 19.6. The van der Waals surface area contributed by atoms with E-state index in [-0.39, 0.29) is 24.7 Å². The summed E-state index contributed by atoms with van der Waals surface area (Å²) < 4.78 is 5.06. The molecule has 0 saturated heterocycles. The van der Waals surface area contributed by atoms with E-state index in [0.29, 0.717) is 30.0 Å². The van der Waals surface area contributed by atoms with E-state index < -0.39 is 5.97 Å². The van der Waals surface area contributed by atoms with Crippen LogP contribution in [0.3, 0.4) is 0 Å². The maximum atomic E-state index is 12.1. The first-order chi connectivity index (χ1) is 13.0. The van der Waals surface area contributed by atoms with Gasteiger partial charge in [-0.15, -0.1) is 0 Å². The molecule has 1 amide bonds. The lowest BCUT2D eigenvalue weighted by molar-refractivity contribution is -0.142. The normalized spacial score (nSPS) is 10.3. The molecule has 0 aliphatic rings. The Hall–Kier alpha value is -2.66. The fourth-order valence-corrected chi connectivity index (χ4v) is 2.71. The van der Waals surface area contributed by atoms with E-state index >= 15 is 0 Å². The second kappa shape index (κ2) is 10.5. The number of nitrogens with one attached hydrogen (secondary N) is 1. The van der Waals surface area contributed by atoms with Crippen molar-refractivity contribution in [2.45, 2.75) is 26.2 Å². The smallest absolute Gasteiger partial charge is 0.306 e. The van der Waals surface area contributed by atoms with Gasteiger partial charge in [-0.3, -0.25) is 14.4 Å². The van der Waals surface area contributed by atoms with Gasteiger partial charge in [0.1, 0.15) is 0 Å². The van der Waals surface area contributed by atoms with E-state index in [4.69, 9.17) is 16.3 Å². The van der Waals surface area contributed by atoms with E-state index in [0.717, 1.165) is 11.1 Å². The van der Waals surface area contributed by atoms with Gasteiger partial charge in [0.05, 0.1) is 0 Å². The van der Waals surface area contributed by atoms with Crippen molar-refractivity contribution < 1.29 is 19.1 Å². The topological polar surface area (TPSA) is 72.5 Å². The molecule has 0 fully saturated rings. The minimum Gasteiger partial charge on any atom is -0.457 e. The zero-order valence-electron chi connectivity index (χ0n) is 15.2.